The Morgan fingerprint density at radius 3 is 2.50 bits per heavy atom. The van der Waals surface area contributed by atoms with Crippen LogP contribution in [0.1, 0.15) is 11.1 Å². The molecular formula is C19H16F4N4O3. The van der Waals surface area contributed by atoms with Crippen molar-refractivity contribution in [2.24, 2.45) is 5.16 Å². The van der Waals surface area contributed by atoms with Gasteiger partial charge in [0.15, 0.2) is 0 Å². The van der Waals surface area contributed by atoms with E-state index in [1.165, 1.54) is 37.6 Å². The van der Waals surface area contributed by atoms with Gasteiger partial charge in [0.1, 0.15) is 37.1 Å². The molecule has 0 aliphatic heterocycles. The van der Waals surface area contributed by atoms with Crippen LogP contribution in [0.2, 0.25) is 0 Å². The second kappa shape index (κ2) is 8.49. The molecule has 1 atom stereocenters. The van der Waals surface area contributed by atoms with Crippen LogP contribution in [0.15, 0.2) is 60.3 Å². The number of ether oxygens (including phenoxy) is 1. The predicted octanol–water partition coefficient (Wildman–Crippen LogP) is 3.10. The average Bonchev–Trinajstić information content (AvgIpc) is 3.19. The molecule has 7 nitrogen and oxygen atoms in total. The number of aromatic nitrogens is 3. The van der Waals surface area contributed by atoms with Crippen LogP contribution in [0.4, 0.5) is 17.6 Å². The van der Waals surface area contributed by atoms with E-state index in [0.29, 0.717) is 11.6 Å². The van der Waals surface area contributed by atoms with E-state index >= 15 is 8.78 Å². The second-order valence-corrected chi connectivity index (χ2v) is 6.18. The summed E-state index contributed by atoms with van der Waals surface area (Å²) in [6.45, 7) is -0.916. The molecule has 3 aromatic rings. The summed E-state index contributed by atoms with van der Waals surface area (Å²) in [7, 11) is 1.35. The van der Waals surface area contributed by atoms with Crippen molar-refractivity contribution in [1.29, 1.82) is 0 Å². The Hall–Kier alpha value is -3.47. The smallest absolute Gasteiger partial charge is 0.430 e. The molecule has 1 aromatic heterocycles. The summed E-state index contributed by atoms with van der Waals surface area (Å²) in [5.41, 5.74) is -3.57. The zero-order valence-corrected chi connectivity index (χ0v) is 15.5. The van der Waals surface area contributed by atoms with Crippen LogP contribution >= 0.6 is 0 Å². The first-order chi connectivity index (χ1) is 14.2. The summed E-state index contributed by atoms with van der Waals surface area (Å²) in [6, 6.07) is 7.13. The van der Waals surface area contributed by atoms with Gasteiger partial charge < -0.3 is 14.7 Å². The fourth-order valence-corrected chi connectivity index (χ4v) is 2.68. The minimum absolute atomic E-state index is 0.311. The molecule has 3 rings (SSSR count). The van der Waals surface area contributed by atoms with Crippen molar-refractivity contribution in [1.82, 2.24) is 14.8 Å². The molecule has 2 aromatic carbocycles. The SMILES string of the molecule is CON=Cc1ccc(OC(F)(F)C(O)(Cn2cncn2)c2ccc(F)cc2F)cc1. The molecule has 0 saturated heterocycles. The summed E-state index contributed by atoms with van der Waals surface area (Å²) in [4.78, 5) is 8.14. The van der Waals surface area contributed by atoms with E-state index < -0.39 is 35.5 Å². The standard InChI is InChI=1S/C19H16F4N4O3/c1-29-26-9-13-2-5-15(6-3-13)30-19(22,23)18(28,10-27-12-24-11-25-27)16-7-4-14(20)8-17(16)21/h2-9,11-12,28H,10H2,1H3. The van der Waals surface area contributed by atoms with E-state index in [1.807, 2.05) is 0 Å². The molecule has 0 aliphatic carbocycles. The van der Waals surface area contributed by atoms with Crippen molar-refractivity contribution in [2.45, 2.75) is 18.3 Å². The Balaban J connectivity index is 1.97. The van der Waals surface area contributed by atoms with Gasteiger partial charge in [0, 0.05) is 11.6 Å². The Morgan fingerprint density at radius 1 is 1.17 bits per heavy atom. The van der Waals surface area contributed by atoms with Gasteiger partial charge in [-0.15, -0.1) is 0 Å². The normalized spacial score (nSPS) is 13.9. The Morgan fingerprint density at radius 2 is 1.90 bits per heavy atom. The average molecular weight is 424 g/mol. The number of hydrogen-bond acceptors (Lipinski definition) is 6. The van der Waals surface area contributed by atoms with Crippen molar-refractivity contribution < 1.29 is 32.2 Å². The fraction of sp³-hybridized carbons (Fsp3) is 0.211. The van der Waals surface area contributed by atoms with Gasteiger partial charge in [-0.2, -0.15) is 13.9 Å². The van der Waals surface area contributed by atoms with Crippen molar-refractivity contribution >= 4 is 6.21 Å². The number of halogens is 4. The molecule has 0 aliphatic rings. The van der Waals surface area contributed by atoms with Crippen LogP contribution in [-0.4, -0.2) is 39.3 Å². The van der Waals surface area contributed by atoms with E-state index in [-0.39, 0.29) is 5.75 Å². The third-order valence-corrected chi connectivity index (χ3v) is 4.15. The van der Waals surface area contributed by atoms with Crippen LogP contribution in [0.5, 0.6) is 5.75 Å². The van der Waals surface area contributed by atoms with Crippen LogP contribution in [0, 0.1) is 11.6 Å². The van der Waals surface area contributed by atoms with Crippen LogP contribution in [0.25, 0.3) is 0 Å². The molecule has 11 heteroatoms. The molecule has 0 saturated carbocycles. The molecule has 1 unspecified atom stereocenters. The maximum Gasteiger partial charge on any atom is 0.433 e. The van der Waals surface area contributed by atoms with E-state index in [2.05, 4.69) is 20.1 Å². The largest absolute Gasteiger partial charge is 0.433 e. The highest BCUT2D eigenvalue weighted by molar-refractivity contribution is 5.79. The van der Waals surface area contributed by atoms with Crippen molar-refractivity contribution in [3.63, 3.8) is 0 Å². The van der Waals surface area contributed by atoms with Gasteiger partial charge in [0.05, 0.1) is 12.8 Å². The Bertz CT molecular complexity index is 1010. The van der Waals surface area contributed by atoms with Gasteiger partial charge in [-0.05, 0) is 42.0 Å². The fourth-order valence-electron chi connectivity index (χ4n) is 2.68. The number of rotatable bonds is 8. The van der Waals surface area contributed by atoms with Crippen molar-refractivity contribution in [2.75, 3.05) is 7.11 Å². The maximum absolute atomic E-state index is 15.2. The van der Waals surface area contributed by atoms with E-state index in [1.54, 1.807) is 0 Å². The number of benzene rings is 2. The number of oxime groups is 1. The Kier molecular flexibility index (Phi) is 6.01. The highest BCUT2D eigenvalue weighted by Crippen LogP contribution is 2.41. The number of nitrogens with zero attached hydrogens (tertiary/aromatic N) is 4. The first-order valence-electron chi connectivity index (χ1n) is 8.49. The van der Waals surface area contributed by atoms with Crippen LogP contribution in [0.3, 0.4) is 0 Å². The monoisotopic (exact) mass is 424 g/mol. The molecule has 0 fully saturated rings. The minimum Gasteiger partial charge on any atom is -0.430 e. The summed E-state index contributed by atoms with van der Waals surface area (Å²) in [5, 5.41) is 18.1. The van der Waals surface area contributed by atoms with Gasteiger partial charge in [-0.3, -0.25) is 0 Å². The molecule has 1 heterocycles. The minimum atomic E-state index is -4.35. The molecule has 1 N–H and O–H groups in total. The lowest BCUT2D eigenvalue weighted by Crippen LogP contribution is -2.52. The lowest BCUT2D eigenvalue weighted by molar-refractivity contribution is -0.301. The third-order valence-electron chi connectivity index (χ3n) is 4.15. The van der Waals surface area contributed by atoms with E-state index in [9.17, 15) is 13.9 Å². The lowest BCUT2D eigenvalue weighted by Gasteiger charge is -2.35. The number of hydrogen-bond donors (Lipinski definition) is 1. The van der Waals surface area contributed by atoms with Gasteiger partial charge in [-0.25, -0.2) is 18.4 Å². The highest BCUT2D eigenvalue weighted by atomic mass is 19.3. The Labute approximate surface area is 168 Å². The van der Waals surface area contributed by atoms with Crippen molar-refractivity contribution in [3.05, 3.63) is 77.9 Å². The van der Waals surface area contributed by atoms with E-state index in [4.69, 9.17) is 4.74 Å². The molecule has 0 amide bonds. The molecular weight excluding hydrogens is 408 g/mol. The first-order valence-corrected chi connectivity index (χ1v) is 8.49. The van der Waals surface area contributed by atoms with Gasteiger partial charge in [-0.1, -0.05) is 5.16 Å². The van der Waals surface area contributed by atoms with Gasteiger partial charge in [0.25, 0.3) is 0 Å². The highest BCUT2D eigenvalue weighted by Gasteiger charge is 2.58. The second-order valence-electron chi connectivity index (χ2n) is 6.18. The zero-order valence-electron chi connectivity index (χ0n) is 15.5. The third kappa shape index (κ3) is 4.40. The topological polar surface area (TPSA) is 81.8 Å². The van der Waals surface area contributed by atoms with Crippen LogP contribution < -0.4 is 4.74 Å². The number of aliphatic hydroxyl groups is 1. The van der Waals surface area contributed by atoms with Crippen LogP contribution in [-0.2, 0) is 17.0 Å². The van der Waals surface area contributed by atoms with Gasteiger partial charge >= 0.3 is 6.11 Å². The molecule has 158 valence electrons. The predicted molar refractivity (Wildman–Crippen MR) is 96.9 cm³/mol. The lowest BCUT2D eigenvalue weighted by atomic mass is 9.91. The summed E-state index contributed by atoms with van der Waals surface area (Å²) in [6.07, 6.45) is -0.885. The number of alkyl halides is 2. The molecule has 0 radical (unpaired) electrons. The van der Waals surface area contributed by atoms with Gasteiger partial charge in [0.2, 0.25) is 5.60 Å². The van der Waals surface area contributed by atoms with Crippen molar-refractivity contribution in [3.8, 4) is 5.75 Å². The quantitative estimate of drug-likeness (QED) is 0.342. The molecule has 30 heavy (non-hydrogen) atoms. The summed E-state index contributed by atoms with van der Waals surface area (Å²) in [5.74, 6) is -2.67. The first kappa shape index (κ1) is 21.2. The summed E-state index contributed by atoms with van der Waals surface area (Å²) < 4.78 is 63.6. The molecule has 0 bridgehead atoms. The maximum atomic E-state index is 15.2. The zero-order chi connectivity index (χ0) is 21.8. The summed E-state index contributed by atoms with van der Waals surface area (Å²) >= 11 is 0. The van der Waals surface area contributed by atoms with E-state index in [0.717, 1.165) is 29.5 Å². The molecule has 0 spiro atoms.